The minimum absolute atomic E-state index is 0.271. The van der Waals surface area contributed by atoms with E-state index >= 15 is 0 Å². The Morgan fingerprint density at radius 2 is 1.79 bits per heavy atom. The van der Waals surface area contributed by atoms with Gasteiger partial charge >= 0.3 is 0 Å². The summed E-state index contributed by atoms with van der Waals surface area (Å²) in [5.41, 5.74) is 8.22. The normalized spacial score (nSPS) is 10.2. The second-order valence-electron chi connectivity index (χ2n) is 4.27. The molecule has 1 amide bonds. The third-order valence-corrected chi connectivity index (χ3v) is 2.83. The van der Waals surface area contributed by atoms with E-state index in [1.54, 1.807) is 0 Å². The van der Waals surface area contributed by atoms with Crippen LogP contribution in [0.1, 0.15) is 12.5 Å². The number of hydrogen-bond donors (Lipinski definition) is 1. The molecule has 0 saturated carbocycles. The zero-order chi connectivity index (χ0) is 13.7. The van der Waals surface area contributed by atoms with Crippen LogP contribution in [-0.4, -0.2) is 12.5 Å². The van der Waals surface area contributed by atoms with Crippen LogP contribution in [0, 0.1) is 0 Å². The Kier molecular flexibility index (Phi) is 4.18. The van der Waals surface area contributed by atoms with Crippen molar-refractivity contribution in [2.24, 2.45) is 5.73 Å². The Morgan fingerprint density at radius 1 is 1.11 bits per heavy atom. The van der Waals surface area contributed by atoms with Gasteiger partial charge in [-0.25, -0.2) is 0 Å². The van der Waals surface area contributed by atoms with Gasteiger partial charge in [0.15, 0.2) is 0 Å². The number of ether oxygens (including phenoxy) is 1. The van der Waals surface area contributed by atoms with E-state index in [0.717, 1.165) is 22.4 Å². The molecule has 19 heavy (non-hydrogen) atoms. The van der Waals surface area contributed by atoms with Gasteiger partial charge in [0.2, 0.25) is 5.91 Å². The second-order valence-corrected chi connectivity index (χ2v) is 4.27. The number of nitrogens with two attached hydrogens (primary N) is 1. The molecule has 2 aromatic carbocycles. The van der Waals surface area contributed by atoms with E-state index in [1.165, 1.54) is 0 Å². The first-order chi connectivity index (χ1) is 9.20. The summed E-state index contributed by atoms with van der Waals surface area (Å²) < 4.78 is 5.61. The number of amides is 1. The van der Waals surface area contributed by atoms with Gasteiger partial charge < -0.3 is 10.5 Å². The van der Waals surface area contributed by atoms with Crippen molar-refractivity contribution in [2.45, 2.75) is 13.3 Å². The summed E-state index contributed by atoms with van der Waals surface area (Å²) in [7, 11) is 0. The Balaban J connectivity index is 2.29. The number of benzene rings is 2. The Bertz CT molecular complexity index is 561. The average molecular weight is 255 g/mol. The van der Waals surface area contributed by atoms with Crippen LogP contribution in [0.2, 0.25) is 0 Å². The van der Waals surface area contributed by atoms with E-state index in [2.05, 4.69) is 0 Å². The average Bonchev–Trinajstić information content (AvgIpc) is 2.40. The zero-order valence-corrected chi connectivity index (χ0v) is 10.9. The van der Waals surface area contributed by atoms with Gasteiger partial charge in [-0.3, -0.25) is 4.79 Å². The maximum atomic E-state index is 10.9. The molecule has 2 N–H and O–H groups in total. The molecular weight excluding hydrogens is 238 g/mol. The van der Waals surface area contributed by atoms with E-state index in [4.69, 9.17) is 10.5 Å². The Labute approximate surface area is 113 Å². The molecule has 0 atom stereocenters. The lowest BCUT2D eigenvalue weighted by molar-refractivity contribution is -0.117. The number of carbonyl (C=O) groups is 1. The van der Waals surface area contributed by atoms with Crippen molar-refractivity contribution in [1.82, 2.24) is 0 Å². The van der Waals surface area contributed by atoms with Crippen LogP contribution in [0.4, 0.5) is 0 Å². The van der Waals surface area contributed by atoms with E-state index in [9.17, 15) is 4.79 Å². The van der Waals surface area contributed by atoms with Crippen molar-refractivity contribution < 1.29 is 9.53 Å². The molecule has 0 heterocycles. The van der Waals surface area contributed by atoms with Gasteiger partial charge in [-0.2, -0.15) is 0 Å². The third kappa shape index (κ3) is 3.35. The number of primary amides is 1. The quantitative estimate of drug-likeness (QED) is 0.893. The van der Waals surface area contributed by atoms with Crippen molar-refractivity contribution in [3.8, 4) is 16.9 Å². The van der Waals surface area contributed by atoms with E-state index in [-0.39, 0.29) is 12.3 Å². The highest BCUT2D eigenvalue weighted by molar-refractivity contribution is 5.77. The Hall–Kier alpha value is -2.29. The molecule has 0 fully saturated rings. The first kappa shape index (κ1) is 13.1. The van der Waals surface area contributed by atoms with Crippen LogP contribution >= 0.6 is 0 Å². The largest absolute Gasteiger partial charge is 0.493 e. The summed E-state index contributed by atoms with van der Waals surface area (Å²) >= 11 is 0. The van der Waals surface area contributed by atoms with Gasteiger partial charge in [0, 0.05) is 5.56 Å². The fraction of sp³-hybridized carbons (Fsp3) is 0.188. The maximum absolute atomic E-state index is 10.9. The van der Waals surface area contributed by atoms with Gasteiger partial charge in [0.1, 0.15) is 5.75 Å². The summed E-state index contributed by atoms with van der Waals surface area (Å²) in [6.45, 7) is 2.60. The SMILES string of the molecule is CCOc1ccccc1-c1ccc(CC(N)=O)cc1. The molecule has 2 aromatic rings. The van der Waals surface area contributed by atoms with Gasteiger partial charge in [-0.15, -0.1) is 0 Å². The predicted octanol–water partition coefficient (Wildman–Crippen LogP) is 2.78. The molecule has 0 aliphatic heterocycles. The first-order valence-corrected chi connectivity index (χ1v) is 6.30. The molecule has 0 aliphatic rings. The lowest BCUT2D eigenvalue weighted by Crippen LogP contribution is -2.13. The zero-order valence-electron chi connectivity index (χ0n) is 10.9. The van der Waals surface area contributed by atoms with E-state index in [0.29, 0.717) is 6.61 Å². The highest BCUT2D eigenvalue weighted by Crippen LogP contribution is 2.29. The van der Waals surface area contributed by atoms with E-state index in [1.807, 2.05) is 55.5 Å². The van der Waals surface area contributed by atoms with Crippen molar-refractivity contribution in [3.05, 3.63) is 54.1 Å². The minimum Gasteiger partial charge on any atom is -0.493 e. The molecule has 0 unspecified atom stereocenters. The molecule has 0 radical (unpaired) electrons. The van der Waals surface area contributed by atoms with Crippen molar-refractivity contribution in [3.63, 3.8) is 0 Å². The lowest BCUT2D eigenvalue weighted by atomic mass is 10.0. The van der Waals surface area contributed by atoms with Gasteiger partial charge in [-0.1, -0.05) is 42.5 Å². The van der Waals surface area contributed by atoms with Crippen LogP contribution in [0.25, 0.3) is 11.1 Å². The van der Waals surface area contributed by atoms with Crippen LogP contribution < -0.4 is 10.5 Å². The van der Waals surface area contributed by atoms with Crippen molar-refractivity contribution >= 4 is 5.91 Å². The van der Waals surface area contributed by atoms with Crippen molar-refractivity contribution in [2.75, 3.05) is 6.61 Å². The first-order valence-electron chi connectivity index (χ1n) is 6.30. The van der Waals surface area contributed by atoms with Gasteiger partial charge in [0.25, 0.3) is 0 Å². The topological polar surface area (TPSA) is 52.3 Å². The van der Waals surface area contributed by atoms with Crippen molar-refractivity contribution in [1.29, 1.82) is 0 Å². The third-order valence-electron chi connectivity index (χ3n) is 2.83. The molecule has 3 heteroatoms. The summed E-state index contributed by atoms with van der Waals surface area (Å²) in [5.74, 6) is 0.551. The Morgan fingerprint density at radius 3 is 2.42 bits per heavy atom. The van der Waals surface area contributed by atoms with Crippen LogP contribution in [-0.2, 0) is 11.2 Å². The van der Waals surface area contributed by atoms with Gasteiger partial charge in [0.05, 0.1) is 13.0 Å². The highest BCUT2D eigenvalue weighted by Gasteiger charge is 2.05. The van der Waals surface area contributed by atoms with Gasteiger partial charge in [-0.05, 0) is 24.1 Å². The molecule has 0 bridgehead atoms. The second kappa shape index (κ2) is 6.05. The van der Waals surface area contributed by atoms with Crippen LogP contribution in [0.3, 0.4) is 0 Å². The molecule has 0 saturated heterocycles. The summed E-state index contributed by atoms with van der Waals surface area (Å²) in [5, 5.41) is 0. The molecule has 0 spiro atoms. The molecule has 2 rings (SSSR count). The predicted molar refractivity (Wildman–Crippen MR) is 75.9 cm³/mol. The smallest absolute Gasteiger partial charge is 0.221 e. The molecule has 98 valence electrons. The highest BCUT2D eigenvalue weighted by atomic mass is 16.5. The molecule has 3 nitrogen and oxygen atoms in total. The monoisotopic (exact) mass is 255 g/mol. The number of rotatable bonds is 5. The van der Waals surface area contributed by atoms with E-state index < -0.39 is 0 Å². The molecular formula is C16H17NO2. The number of hydrogen-bond acceptors (Lipinski definition) is 2. The fourth-order valence-electron chi connectivity index (χ4n) is 1.99. The lowest BCUT2D eigenvalue weighted by Gasteiger charge is -2.10. The minimum atomic E-state index is -0.317. The molecule has 0 aliphatic carbocycles. The van der Waals surface area contributed by atoms with Crippen LogP contribution in [0.15, 0.2) is 48.5 Å². The summed E-state index contributed by atoms with van der Waals surface area (Å²) in [6, 6.07) is 15.7. The number of para-hydroxylation sites is 1. The standard InChI is InChI=1S/C16H17NO2/c1-2-19-15-6-4-3-5-14(15)13-9-7-12(8-10-13)11-16(17)18/h3-10H,2,11H2,1H3,(H2,17,18). The number of carbonyl (C=O) groups excluding carboxylic acids is 1. The summed E-state index contributed by atoms with van der Waals surface area (Å²) in [6.07, 6.45) is 0.271. The van der Waals surface area contributed by atoms with Crippen LogP contribution in [0.5, 0.6) is 5.75 Å². The summed E-state index contributed by atoms with van der Waals surface area (Å²) in [4.78, 5) is 10.9. The maximum Gasteiger partial charge on any atom is 0.221 e. The molecule has 0 aromatic heterocycles. The fourth-order valence-corrected chi connectivity index (χ4v) is 1.99.